The van der Waals surface area contributed by atoms with Gasteiger partial charge in [0.1, 0.15) is 6.04 Å². The normalized spacial score (nSPS) is 18.6. The van der Waals surface area contributed by atoms with Gasteiger partial charge in [-0.15, -0.1) is 0 Å². The SMILES string of the molecule is COc1cc2c(cc1OC)/C(=N\NC(=O)C(NC(=O)C(C)c1ccc(CC(C)C)cc1)C(C)C)C(CC1CCN(Cc3ccccc3)CC1)C2. The molecule has 0 spiro atoms. The second kappa shape index (κ2) is 17.2. The summed E-state index contributed by atoms with van der Waals surface area (Å²) < 4.78 is 11.3. The number of hydrogen-bond acceptors (Lipinski definition) is 6. The van der Waals surface area contributed by atoms with Crippen LogP contribution in [0.3, 0.4) is 0 Å². The van der Waals surface area contributed by atoms with Crippen molar-refractivity contribution in [3.63, 3.8) is 0 Å². The fourth-order valence-corrected chi connectivity index (χ4v) is 7.44. The molecular formula is C42H56N4O4. The van der Waals surface area contributed by atoms with E-state index in [-0.39, 0.29) is 23.7 Å². The molecule has 0 saturated carbocycles. The molecule has 268 valence electrons. The number of amides is 2. The zero-order valence-electron chi connectivity index (χ0n) is 31.0. The number of piperidine rings is 1. The highest BCUT2D eigenvalue weighted by atomic mass is 16.5. The molecule has 8 heteroatoms. The number of carbonyl (C=O) groups excluding carboxylic acids is 2. The van der Waals surface area contributed by atoms with Crippen LogP contribution >= 0.6 is 0 Å². The van der Waals surface area contributed by atoms with E-state index < -0.39 is 12.0 Å². The Morgan fingerprint density at radius 3 is 2.14 bits per heavy atom. The second-order valence-corrected chi connectivity index (χ2v) is 15.0. The van der Waals surface area contributed by atoms with Gasteiger partial charge in [0.05, 0.1) is 25.8 Å². The van der Waals surface area contributed by atoms with Gasteiger partial charge in [-0.25, -0.2) is 5.43 Å². The summed E-state index contributed by atoms with van der Waals surface area (Å²) in [6, 6.07) is 22.2. The number of ether oxygens (including phenoxy) is 2. The molecule has 2 aliphatic rings. The van der Waals surface area contributed by atoms with E-state index in [0.29, 0.717) is 23.3 Å². The van der Waals surface area contributed by atoms with E-state index in [2.05, 4.69) is 72.0 Å². The molecule has 0 bridgehead atoms. The lowest BCUT2D eigenvalue weighted by atomic mass is 9.85. The van der Waals surface area contributed by atoms with Crippen molar-refractivity contribution in [2.24, 2.45) is 28.8 Å². The molecule has 3 aromatic rings. The van der Waals surface area contributed by atoms with Gasteiger partial charge in [-0.3, -0.25) is 14.5 Å². The number of methoxy groups -OCH3 is 2. The lowest BCUT2D eigenvalue weighted by Gasteiger charge is -2.33. The molecule has 1 aliphatic heterocycles. The van der Waals surface area contributed by atoms with E-state index >= 15 is 0 Å². The topological polar surface area (TPSA) is 92.3 Å². The van der Waals surface area contributed by atoms with E-state index in [4.69, 9.17) is 14.6 Å². The predicted octanol–water partition coefficient (Wildman–Crippen LogP) is 7.14. The lowest BCUT2D eigenvalue weighted by molar-refractivity contribution is -0.130. The van der Waals surface area contributed by atoms with Gasteiger partial charge in [0.25, 0.3) is 5.91 Å². The lowest BCUT2D eigenvalue weighted by Crippen LogP contribution is -2.49. The number of nitrogens with zero attached hydrogens (tertiary/aromatic N) is 2. The molecule has 1 aliphatic carbocycles. The van der Waals surface area contributed by atoms with E-state index in [1.807, 2.05) is 45.0 Å². The molecule has 1 saturated heterocycles. The van der Waals surface area contributed by atoms with Gasteiger partial charge >= 0.3 is 0 Å². The summed E-state index contributed by atoms with van der Waals surface area (Å²) in [6.07, 6.45) is 5.08. The van der Waals surface area contributed by atoms with Crippen molar-refractivity contribution in [1.82, 2.24) is 15.6 Å². The predicted molar refractivity (Wildman–Crippen MR) is 201 cm³/mol. The Bertz CT molecular complexity index is 1610. The highest BCUT2D eigenvalue weighted by molar-refractivity contribution is 6.07. The number of benzene rings is 3. The van der Waals surface area contributed by atoms with Crippen LogP contribution in [0.1, 0.15) is 87.6 Å². The Morgan fingerprint density at radius 1 is 0.860 bits per heavy atom. The number of hydrazone groups is 1. The molecule has 5 rings (SSSR count). The molecule has 8 nitrogen and oxygen atoms in total. The zero-order valence-corrected chi connectivity index (χ0v) is 31.0. The third kappa shape index (κ3) is 9.33. The van der Waals surface area contributed by atoms with E-state index in [0.717, 1.165) is 74.1 Å². The first kappa shape index (κ1) is 37.1. The van der Waals surface area contributed by atoms with Gasteiger partial charge in [-0.1, -0.05) is 82.3 Å². The third-order valence-electron chi connectivity index (χ3n) is 10.4. The van der Waals surface area contributed by atoms with Crippen LogP contribution in [0.25, 0.3) is 0 Å². The van der Waals surface area contributed by atoms with Crippen molar-refractivity contribution in [2.75, 3.05) is 27.3 Å². The summed E-state index contributed by atoms with van der Waals surface area (Å²) in [5.41, 5.74) is 9.41. The first-order chi connectivity index (χ1) is 24.1. The van der Waals surface area contributed by atoms with Crippen molar-refractivity contribution >= 4 is 17.5 Å². The average molecular weight is 681 g/mol. The Kier molecular flexibility index (Phi) is 12.7. The minimum atomic E-state index is -0.729. The Morgan fingerprint density at radius 2 is 1.52 bits per heavy atom. The monoisotopic (exact) mass is 680 g/mol. The molecule has 0 aromatic heterocycles. The van der Waals surface area contributed by atoms with E-state index in [1.165, 1.54) is 11.1 Å². The quantitative estimate of drug-likeness (QED) is 0.177. The highest BCUT2D eigenvalue weighted by Crippen LogP contribution is 2.40. The van der Waals surface area contributed by atoms with Crippen LogP contribution in [0, 0.1) is 23.7 Å². The minimum Gasteiger partial charge on any atom is -0.493 e. The molecule has 1 heterocycles. The van der Waals surface area contributed by atoms with Gasteiger partial charge in [0.2, 0.25) is 5.91 Å². The van der Waals surface area contributed by atoms with Crippen LogP contribution in [0.15, 0.2) is 71.8 Å². The minimum absolute atomic E-state index is 0.128. The summed E-state index contributed by atoms with van der Waals surface area (Å²) in [7, 11) is 3.29. The largest absolute Gasteiger partial charge is 0.493 e. The van der Waals surface area contributed by atoms with E-state index in [1.54, 1.807) is 14.2 Å². The number of fused-ring (bicyclic) bond motifs is 1. The summed E-state index contributed by atoms with van der Waals surface area (Å²) in [5, 5.41) is 7.85. The Hall–Kier alpha value is -4.17. The number of rotatable bonds is 14. The fourth-order valence-electron chi connectivity index (χ4n) is 7.44. The Balaban J connectivity index is 1.28. The Labute approximate surface area is 299 Å². The molecule has 3 aromatic carbocycles. The van der Waals surface area contributed by atoms with Gasteiger partial charge in [0.15, 0.2) is 11.5 Å². The second-order valence-electron chi connectivity index (χ2n) is 15.0. The maximum absolute atomic E-state index is 13.7. The number of likely N-dealkylation sites (tertiary alicyclic amines) is 1. The number of carbonyl (C=O) groups is 2. The summed E-state index contributed by atoms with van der Waals surface area (Å²) in [4.78, 5) is 29.7. The first-order valence-electron chi connectivity index (χ1n) is 18.3. The molecule has 2 N–H and O–H groups in total. The molecule has 1 fully saturated rings. The van der Waals surface area contributed by atoms with Crippen molar-refractivity contribution in [3.8, 4) is 11.5 Å². The van der Waals surface area contributed by atoms with Crippen LogP contribution in [-0.4, -0.2) is 55.8 Å². The smallest absolute Gasteiger partial charge is 0.262 e. The first-order valence-corrected chi connectivity index (χ1v) is 18.3. The van der Waals surface area contributed by atoms with Crippen molar-refractivity contribution in [3.05, 3.63) is 94.5 Å². The highest BCUT2D eigenvalue weighted by Gasteiger charge is 2.34. The van der Waals surface area contributed by atoms with Crippen molar-refractivity contribution in [2.45, 2.75) is 85.2 Å². The molecule has 3 unspecified atom stereocenters. The summed E-state index contributed by atoms with van der Waals surface area (Å²) in [5.74, 6) is 1.59. The maximum Gasteiger partial charge on any atom is 0.262 e. The number of hydrogen-bond donors (Lipinski definition) is 2. The molecular weight excluding hydrogens is 624 g/mol. The average Bonchev–Trinajstić information content (AvgIpc) is 3.44. The summed E-state index contributed by atoms with van der Waals surface area (Å²) >= 11 is 0. The van der Waals surface area contributed by atoms with Gasteiger partial charge in [0, 0.05) is 18.0 Å². The van der Waals surface area contributed by atoms with Gasteiger partial charge in [-0.05, 0) is 104 Å². The van der Waals surface area contributed by atoms with Gasteiger partial charge < -0.3 is 14.8 Å². The maximum atomic E-state index is 13.7. The van der Waals surface area contributed by atoms with Gasteiger partial charge in [-0.2, -0.15) is 5.10 Å². The molecule has 50 heavy (non-hydrogen) atoms. The molecule has 3 atom stereocenters. The molecule has 2 amide bonds. The number of nitrogens with one attached hydrogen (secondary N) is 2. The van der Waals surface area contributed by atoms with Crippen LogP contribution in [0.2, 0.25) is 0 Å². The van der Waals surface area contributed by atoms with Crippen LogP contribution in [0.5, 0.6) is 11.5 Å². The third-order valence-corrected chi connectivity index (χ3v) is 10.4. The van der Waals surface area contributed by atoms with Crippen molar-refractivity contribution < 1.29 is 19.1 Å². The van der Waals surface area contributed by atoms with Crippen molar-refractivity contribution in [1.29, 1.82) is 0 Å². The van der Waals surface area contributed by atoms with Crippen LogP contribution in [-0.2, 0) is 29.0 Å². The van der Waals surface area contributed by atoms with Crippen LogP contribution < -0.4 is 20.2 Å². The zero-order chi connectivity index (χ0) is 35.8. The van der Waals surface area contributed by atoms with Crippen LogP contribution in [0.4, 0.5) is 0 Å². The fraction of sp³-hybridized carbons (Fsp3) is 0.500. The standard InChI is InChI=1S/C42H56N4O4/c1-27(2)21-30-13-15-33(16-14-30)29(5)41(47)43-39(28(3)4)42(48)45-44-40-35(23-34-24-37(49-6)38(50-7)25-36(34)40)22-31-17-19-46(20-18-31)26-32-11-9-8-10-12-32/h8-16,24-25,27-29,31,35,39H,17-23,26H2,1-7H3,(H,43,47)(H,45,48)/b44-40-. The van der Waals surface area contributed by atoms with E-state index in [9.17, 15) is 9.59 Å². The summed E-state index contributed by atoms with van der Waals surface area (Å²) in [6.45, 7) is 13.3. The molecule has 0 radical (unpaired) electrons.